The van der Waals surface area contributed by atoms with E-state index < -0.39 is 18.3 Å². The van der Waals surface area contributed by atoms with Gasteiger partial charge in [0, 0.05) is 37.1 Å². The molecule has 50 heavy (non-hydrogen) atoms. The average molecular weight is 1130 g/mol. The number of hydrogen-bond donors (Lipinski definition) is 0. The fraction of sp³-hybridized carbons (Fsp3) is 0.167. The van der Waals surface area contributed by atoms with Gasteiger partial charge in [-0.1, -0.05) is 72.5 Å². The third-order valence-electron chi connectivity index (χ3n) is 7.21. The fourth-order valence-electron chi connectivity index (χ4n) is 5.38. The van der Waals surface area contributed by atoms with Gasteiger partial charge in [0.2, 0.25) is 0 Å². The topological polar surface area (TPSA) is 0 Å². The van der Waals surface area contributed by atoms with Crippen molar-refractivity contribution < 1.29 is 0 Å². The molecule has 0 amide bonds. The second-order valence-electron chi connectivity index (χ2n) is 11.4. The summed E-state index contributed by atoms with van der Waals surface area (Å²) in [5.41, 5.74) is 5.35. The number of hydrogen-bond acceptors (Lipinski definition) is 0. The van der Waals surface area contributed by atoms with Gasteiger partial charge >= 0.3 is 124 Å². The van der Waals surface area contributed by atoms with Gasteiger partial charge in [-0.15, -0.1) is 11.8 Å². The molecule has 6 rings (SSSR count). The molecule has 0 heterocycles. The second-order valence-corrected chi connectivity index (χ2v) is 125. The van der Waals surface area contributed by atoms with E-state index in [1.807, 2.05) is 0 Å². The van der Waals surface area contributed by atoms with Crippen LogP contribution < -0.4 is 0 Å². The summed E-state index contributed by atoms with van der Waals surface area (Å²) in [5, 5.41) is 0. The van der Waals surface area contributed by atoms with E-state index in [1.54, 1.807) is 0 Å². The molecule has 4 aromatic carbocycles. The van der Waals surface area contributed by atoms with E-state index in [-0.39, 0.29) is 0 Å². The van der Waals surface area contributed by atoms with Crippen LogP contribution in [0.2, 0.25) is 0 Å². The monoisotopic (exact) mass is 1120 g/mol. The predicted octanol–water partition coefficient (Wildman–Crippen LogP) is 15.4. The normalized spacial score (nSPS) is 22.0. The number of rotatable bonds is 5. The molecule has 0 nitrogen and oxygen atoms in total. The van der Waals surface area contributed by atoms with Crippen molar-refractivity contribution in [3.8, 4) is 23.7 Å². The Labute approximate surface area is 334 Å². The molecule has 0 aromatic heterocycles. The first-order chi connectivity index (χ1) is 22.8. The van der Waals surface area contributed by atoms with Crippen LogP contribution in [0.5, 0.6) is 0 Å². The van der Waals surface area contributed by atoms with E-state index >= 15 is 0 Å². The third-order valence-corrected chi connectivity index (χ3v) is 7.21. The molecule has 4 aromatic rings. The molecule has 266 valence electrons. The van der Waals surface area contributed by atoms with Crippen LogP contribution in [0.4, 0.5) is 0 Å². The summed E-state index contributed by atoms with van der Waals surface area (Å²) in [4.78, 5) is 0. The van der Waals surface area contributed by atoms with Crippen LogP contribution in [0.15, 0.2) is 121 Å². The summed E-state index contributed by atoms with van der Waals surface area (Å²) in [6.07, 6.45) is 1.63. The molecule has 14 heteroatoms. The number of halogens is 12. The zero-order valence-corrected chi connectivity index (χ0v) is 39.9. The Bertz CT molecular complexity index is 1600. The second kappa shape index (κ2) is 15.8. The maximum absolute atomic E-state index is 5.42. The molecular formula is C36H28Cl12Sb2. The summed E-state index contributed by atoms with van der Waals surface area (Å²) in [6.45, 7) is 0. The van der Waals surface area contributed by atoms with Crippen LogP contribution in [-0.4, -0.2) is 18.3 Å². The Kier molecular flexibility index (Phi) is 13.7. The Balaban J connectivity index is 0.000000340. The number of unbranched alkanes of at least 4 members (excludes halogenated alkanes) is 1. The van der Waals surface area contributed by atoms with Crippen molar-refractivity contribution in [2.24, 2.45) is 11.8 Å². The molecule has 0 aliphatic heterocycles. The molecule has 2 fully saturated rings. The van der Waals surface area contributed by atoms with E-state index in [9.17, 15) is 0 Å². The van der Waals surface area contributed by atoms with Crippen molar-refractivity contribution in [3.05, 3.63) is 155 Å². The van der Waals surface area contributed by atoms with E-state index in [4.69, 9.17) is 106 Å². The average Bonchev–Trinajstić information content (AvgIpc) is 3.91. The first-order valence-corrected chi connectivity index (χ1v) is 53.6. The standard InChI is InChI=1S/C36H28.12ClH.2Sb/c1(15-25-31-33(27-17-7-3-8-18-27)34(31)28-19-9-4-10-20-28)2-16-26-32-35(29-21-11-5-12-22-29)36(32)30-23-13-6-14-24-30;;;;;;;;;;;;;;/h3-14,17-24,31-33,35H,1-2H2;12*1H;;/q+2;;;;;;;;;;;;;2*+5/p-12. The molecule has 0 bridgehead atoms. The van der Waals surface area contributed by atoms with Crippen molar-refractivity contribution in [1.82, 2.24) is 0 Å². The van der Waals surface area contributed by atoms with Crippen LogP contribution in [0, 0.1) is 47.4 Å². The summed E-state index contributed by atoms with van der Waals surface area (Å²) < 4.78 is 0. The SMILES string of the molecule is C(#CC1[C+](c2ccccc2)C1c1ccccc1)CCC#CC1[C+](c2ccccc2)C1c1ccccc1.[Cl][Sb-]([Cl])([Cl])([Cl])([Cl])[Cl].[Cl][Sb-]([Cl])([Cl])([Cl])([Cl])[Cl]. The van der Waals surface area contributed by atoms with E-state index in [1.165, 1.54) is 34.1 Å². The predicted molar refractivity (Wildman–Crippen MR) is 229 cm³/mol. The van der Waals surface area contributed by atoms with Crippen molar-refractivity contribution in [2.75, 3.05) is 0 Å². The molecule has 2 aliphatic carbocycles. The minimum atomic E-state index is -5.42. The van der Waals surface area contributed by atoms with Gasteiger partial charge in [0.05, 0.1) is 23.7 Å². The van der Waals surface area contributed by atoms with Crippen molar-refractivity contribution in [3.63, 3.8) is 0 Å². The zero-order chi connectivity index (χ0) is 37.0. The Morgan fingerprint density at radius 3 is 0.900 bits per heavy atom. The minimum absolute atomic E-state index is 0.312. The Morgan fingerprint density at radius 2 is 0.640 bits per heavy atom. The van der Waals surface area contributed by atoms with Gasteiger partial charge in [-0.25, -0.2) is 0 Å². The summed E-state index contributed by atoms with van der Waals surface area (Å²) in [6, 6.07) is 43.0. The molecular weight excluding hydrogens is 1100 g/mol. The van der Waals surface area contributed by atoms with Crippen LogP contribution in [0.3, 0.4) is 0 Å². The first kappa shape index (κ1) is 43.6. The van der Waals surface area contributed by atoms with Gasteiger partial charge in [-0.2, -0.15) is 0 Å². The third kappa shape index (κ3) is 18.5. The van der Waals surface area contributed by atoms with Gasteiger partial charge < -0.3 is 0 Å². The van der Waals surface area contributed by atoms with E-state index in [0.717, 1.165) is 12.8 Å². The quantitative estimate of drug-likeness (QED) is 0.0809. The van der Waals surface area contributed by atoms with Gasteiger partial charge in [-0.3, -0.25) is 0 Å². The Hall–Kier alpha value is 0.856. The molecule has 0 saturated heterocycles. The summed E-state index contributed by atoms with van der Waals surface area (Å²) in [5.74, 6) is 18.4. The summed E-state index contributed by atoms with van der Waals surface area (Å²) in [7, 11) is 49.9. The molecule has 0 radical (unpaired) electrons. The van der Waals surface area contributed by atoms with Crippen LogP contribution >= 0.6 is 106 Å². The van der Waals surface area contributed by atoms with Crippen molar-refractivity contribution in [1.29, 1.82) is 0 Å². The Morgan fingerprint density at radius 1 is 0.400 bits per heavy atom. The van der Waals surface area contributed by atoms with Crippen LogP contribution in [0.25, 0.3) is 0 Å². The van der Waals surface area contributed by atoms with E-state index in [2.05, 4.69) is 145 Å². The molecule has 0 spiro atoms. The van der Waals surface area contributed by atoms with Crippen LogP contribution in [-0.2, 0) is 0 Å². The van der Waals surface area contributed by atoms with Gasteiger partial charge in [-0.05, 0) is 47.5 Å². The van der Waals surface area contributed by atoms with Crippen molar-refractivity contribution in [2.45, 2.75) is 24.7 Å². The van der Waals surface area contributed by atoms with E-state index in [0.29, 0.717) is 23.7 Å². The number of benzene rings is 4. The van der Waals surface area contributed by atoms with Gasteiger partial charge in [0.25, 0.3) is 0 Å². The molecule has 0 N–H and O–H groups in total. The molecule has 4 atom stereocenters. The van der Waals surface area contributed by atoms with Gasteiger partial charge in [0.15, 0.2) is 0 Å². The summed E-state index contributed by atoms with van der Waals surface area (Å²) >= 11 is 0. The molecule has 2 aliphatic rings. The zero-order valence-electron chi connectivity index (χ0n) is 25.7. The maximum atomic E-state index is 5.06. The van der Waals surface area contributed by atoms with Crippen molar-refractivity contribution >= 4 is 124 Å². The first-order valence-electron chi connectivity index (χ1n) is 14.9. The fourth-order valence-corrected chi connectivity index (χ4v) is 5.38. The van der Waals surface area contributed by atoms with Crippen LogP contribution in [0.1, 0.15) is 46.9 Å². The molecule has 2 saturated carbocycles. The van der Waals surface area contributed by atoms with Gasteiger partial charge in [0.1, 0.15) is 23.0 Å². The molecule has 4 unspecified atom stereocenters.